The number of aromatic nitrogens is 1. The van der Waals surface area contributed by atoms with Crippen LogP contribution in [0.25, 0.3) is 0 Å². The lowest BCUT2D eigenvalue weighted by Gasteiger charge is -2.09. The van der Waals surface area contributed by atoms with E-state index in [0.29, 0.717) is 17.2 Å². The number of ketones is 1. The fourth-order valence-corrected chi connectivity index (χ4v) is 3.20. The molecule has 1 aromatic heterocycles. The van der Waals surface area contributed by atoms with Crippen LogP contribution in [-0.4, -0.2) is 22.9 Å². The minimum atomic E-state index is -0.423. The van der Waals surface area contributed by atoms with E-state index in [1.807, 2.05) is 52.0 Å². The Balaban J connectivity index is 1.71. The molecule has 0 unspecified atom stereocenters. The lowest BCUT2D eigenvalue weighted by atomic mass is 10.0. The third kappa shape index (κ3) is 3.14. The Hall–Kier alpha value is -2.36. The van der Waals surface area contributed by atoms with E-state index in [-0.39, 0.29) is 12.4 Å². The van der Waals surface area contributed by atoms with Crippen LogP contribution >= 0.6 is 0 Å². The molecule has 4 heteroatoms. The lowest BCUT2D eigenvalue weighted by Crippen LogP contribution is -2.16. The highest BCUT2D eigenvalue weighted by Crippen LogP contribution is 2.38. The van der Waals surface area contributed by atoms with Gasteiger partial charge in [-0.2, -0.15) is 0 Å². The molecule has 0 atom stereocenters. The highest BCUT2D eigenvalue weighted by atomic mass is 16.5. The van der Waals surface area contributed by atoms with Crippen LogP contribution in [-0.2, 0) is 4.74 Å². The van der Waals surface area contributed by atoms with Crippen LogP contribution in [0.15, 0.2) is 24.3 Å². The molecule has 1 aliphatic rings. The fourth-order valence-electron chi connectivity index (χ4n) is 3.20. The topological polar surface area (TPSA) is 48.3 Å². The standard InChI is InChI=1S/C20H23NO3/c1-12-5-6-13(2)17(9-12)19(22)11-24-20(23)18-10-14(3)21(15(18)4)16-7-8-16/h5-6,9-10,16H,7-8,11H2,1-4H3. The van der Waals surface area contributed by atoms with Crippen molar-refractivity contribution in [3.63, 3.8) is 0 Å². The Morgan fingerprint density at radius 3 is 2.46 bits per heavy atom. The van der Waals surface area contributed by atoms with Gasteiger partial charge in [0.15, 0.2) is 6.61 Å². The number of hydrogen-bond acceptors (Lipinski definition) is 3. The van der Waals surface area contributed by atoms with E-state index in [9.17, 15) is 9.59 Å². The van der Waals surface area contributed by atoms with Gasteiger partial charge in [0.05, 0.1) is 5.56 Å². The van der Waals surface area contributed by atoms with E-state index in [2.05, 4.69) is 4.57 Å². The van der Waals surface area contributed by atoms with Gasteiger partial charge in [0.25, 0.3) is 0 Å². The van der Waals surface area contributed by atoms with Gasteiger partial charge in [0, 0.05) is 23.0 Å². The minimum absolute atomic E-state index is 0.166. The molecule has 0 N–H and O–H groups in total. The zero-order valence-electron chi connectivity index (χ0n) is 14.7. The zero-order chi connectivity index (χ0) is 17.4. The van der Waals surface area contributed by atoms with Crippen molar-refractivity contribution in [3.05, 3.63) is 57.9 Å². The average Bonchev–Trinajstić information content (AvgIpc) is 3.32. The fraction of sp³-hybridized carbons (Fsp3) is 0.400. The molecule has 4 nitrogen and oxygen atoms in total. The second kappa shape index (κ2) is 6.27. The van der Waals surface area contributed by atoms with E-state index in [4.69, 9.17) is 4.74 Å². The van der Waals surface area contributed by atoms with Gasteiger partial charge in [-0.15, -0.1) is 0 Å². The first kappa shape index (κ1) is 16.5. The van der Waals surface area contributed by atoms with Crippen LogP contribution in [0, 0.1) is 27.7 Å². The van der Waals surface area contributed by atoms with Crippen molar-refractivity contribution in [2.75, 3.05) is 6.61 Å². The molecule has 0 amide bonds. The van der Waals surface area contributed by atoms with Gasteiger partial charge in [0.1, 0.15) is 0 Å². The monoisotopic (exact) mass is 325 g/mol. The number of nitrogens with zero attached hydrogens (tertiary/aromatic N) is 1. The molecule has 1 aliphatic carbocycles. The Morgan fingerprint density at radius 1 is 1.08 bits per heavy atom. The molecule has 1 aromatic carbocycles. The summed E-state index contributed by atoms with van der Waals surface area (Å²) in [6, 6.07) is 8.09. The van der Waals surface area contributed by atoms with Gasteiger partial charge in [-0.3, -0.25) is 4.79 Å². The summed E-state index contributed by atoms with van der Waals surface area (Å²) in [4.78, 5) is 24.7. The molecule has 2 aromatic rings. The van der Waals surface area contributed by atoms with E-state index < -0.39 is 5.97 Å². The summed E-state index contributed by atoms with van der Waals surface area (Å²) in [5.74, 6) is -0.589. The first-order chi connectivity index (χ1) is 11.4. The summed E-state index contributed by atoms with van der Waals surface area (Å²) in [6.07, 6.45) is 2.33. The van der Waals surface area contributed by atoms with Gasteiger partial charge in [0.2, 0.25) is 5.78 Å². The maximum atomic E-state index is 12.4. The number of ether oxygens (including phenoxy) is 1. The van der Waals surface area contributed by atoms with Gasteiger partial charge in [-0.05, 0) is 58.2 Å². The summed E-state index contributed by atoms with van der Waals surface area (Å²) in [5, 5.41) is 0. The molecule has 24 heavy (non-hydrogen) atoms. The number of esters is 1. The predicted octanol–water partition coefficient (Wildman–Crippen LogP) is 4.10. The number of hydrogen-bond donors (Lipinski definition) is 0. The Labute approximate surface area is 142 Å². The van der Waals surface area contributed by atoms with Gasteiger partial charge in [-0.1, -0.05) is 17.7 Å². The van der Waals surface area contributed by atoms with Crippen molar-refractivity contribution >= 4 is 11.8 Å². The quantitative estimate of drug-likeness (QED) is 0.614. The van der Waals surface area contributed by atoms with E-state index in [1.54, 1.807) is 0 Å². The number of benzene rings is 1. The van der Waals surface area contributed by atoms with Crippen LogP contribution in [0.1, 0.15) is 62.1 Å². The third-order valence-corrected chi connectivity index (χ3v) is 4.64. The summed E-state index contributed by atoms with van der Waals surface area (Å²) < 4.78 is 7.48. The molecular formula is C20H23NO3. The third-order valence-electron chi connectivity index (χ3n) is 4.64. The summed E-state index contributed by atoms with van der Waals surface area (Å²) in [6.45, 7) is 7.54. The number of carbonyl (C=O) groups is 2. The smallest absolute Gasteiger partial charge is 0.340 e. The molecule has 0 aliphatic heterocycles. The van der Waals surface area contributed by atoms with Gasteiger partial charge in [-0.25, -0.2) is 4.79 Å². The Morgan fingerprint density at radius 2 is 1.79 bits per heavy atom. The first-order valence-corrected chi connectivity index (χ1v) is 8.34. The molecule has 0 bridgehead atoms. The number of Topliss-reactive ketones (excluding diaryl/α,β-unsaturated/α-hetero) is 1. The van der Waals surface area contributed by atoms with Crippen LogP contribution < -0.4 is 0 Å². The number of rotatable bonds is 5. The summed E-state index contributed by atoms with van der Waals surface area (Å²) in [5.41, 5.74) is 5.10. The molecule has 1 saturated carbocycles. The highest BCUT2D eigenvalue weighted by Gasteiger charge is 2.29. The second-order valence-electron chi connectivity index (χ2n) is 6.70. The minimum Gasteiger partial charge on any atom is -0.454 e. The second-order valence-corrected chi connectivity index (χ2v) is 6.70. The lowest BCUT2D eigenvalue weighted by molar-refractivity contribution is 0.0473. The highest BCUT2D eigenvalue weighted by molar-refractivity contribution is 6.00. The maximum absolute atomic E-state index is 12.4. The van der Waals surface area contributed by atoms with Crippen molar-refractivity contribution in [1.82, 2.24) is 4.57 Å². The molecular weight excluding hydrogens is 302 g/mol. The van der Waals surface area contributed by atoms with Crippen LogP contribution in [0.2, 0.25) is 0 Å². The van der Waals surface area contributed by atoms with Crippen molar-refractivity contribution in [2.24, 2.45) is 0 Å². The van der Waals surface area contributed by atoms with E-state index >= 15 is 0 Å². The van der Waals surface area contributed by atoms with Crippen LogP contribution in [0.5, 0.6) is 0 Å². The number of carbonyl (C=O) groups excluding carboxylic acids is 2. The van der Waals surface area contributed by atoms with Crippen LogP contribution in [0.4, 0.5) is 0 Å². The van der Waals surface area contributed by atoms with Crippen molar-refractivity contribution < 1.29 is 14.3 Å². The van der Waals surface area contributed by atoms with Gasteiger partial charge < -0.3 is 9.30 Å². The van der Waals surface area contributed by atoms with Gasteiger partial charge >= 0.3 is 5.97 Å². The van der Waals surface area contributed by atoms with Crippen LogP contribution in [0.3, 0.4) is 0 Å². The van der Waals surface area contributed by atoms with E-state index in [0.717, 1.165) is 35.4 Å². The van der Waals surface area contributed by atoms with Crippen molar-refractivity contribution in [3.8, 4) is 0 Å². The first-order valence-electron chi connectivity index (χ1n) is 8.34. The van der Waals surface area contributed by atoms with E-state index in [1.165, 1.54) is 0 Å². The molecule has 3 rings (SSSR count). The van der Waals surface area contributed by atoms with Crippen molar-refractivity contribution in [2.45, 2.75) is 46.6 Å². The summed E-state index contributed by atoms with van der Waals surface area (Å²) in [7, 11) is 0. The molecule has 1 heterocycles. The normalized spacial score (nSPS) is 13.8. The molecule has 0 spiro atoms. The SMILES string of the molecule is Cc1ccc(C)c(C(=O)COC(=O)c2cc(C)n(C3CC3)c2C)c1. The average molecular weight is 325 g/mol. The molecule has 0 saturated heterocycles. The predicted molar refractivity (Wildman–Crippen MR) is 92.7 cm³/mol. The Bertz CT molecular complexity index is 813. The Kier molecular flexibility index (Phi) is 4.31. The molecule has 126 valence electrons. The number of aryl methyl sites for hydroxylation is 3. The molecule has 1 fully saturated rings. The van der Waals surface area contributed by atoms with Crippen molar-refractivity contribution in [1.29, 1.82) is 0 Å². The summed E-state index contributed by atoms with van der Waals surface area (Å²) >= 11 is 0. The molecule has 0 radical (unpaired) electrons. The zero-order valence-corrected chi connectivity index (χ0v) is 14.7. The largest absolute Gasteiger partial charge is 0.454 e. The maximum Gasteiger partial charge on any atom is 0.340 e.